The second-order valence-electron chi connectivity index (χ2n) is 4.83. The predicted molar refractivity (Wildman–Crippen MR) is 73.0 cm³/mol. The molecular weight excluding hydrogens is 242 g/mol. The van der Waals surface area contributed by atoms with Crippen molar-refractivity contribution in [1.82, 2.24) is 0 Å². The summed E-state index contributed by atoms with van der Waals surface area (Å²) < 4.78 is 5.07. The average molecular weight is 261 g/mol. The van der Waals surface area contributed by atoms with Gasteiger partial charge in [-0.3, -0.25) is 4.79 Å². The Balaban J connectivity index is 1.97. The standard InChI is InChI=1S/C15H19NO3/c1-2-9-19-15(18)12-7-4-8-13(10-12)16-14(17)11-5-3-6-11/h4,7-8,10-11H,2-3,5-6,9H2,1H3,(H,16,17). The van der Waals surface area contributed by atoms with Crippen LogP contribution in [0.5, 0.6) is 0 Å². The molecule has 0 atom stereocenters. The summed E-state index contributed by atoms with van der Waals surface area (Å²) in [5.74, 6) is -0.164. The van der Waals surface area contributed by atoms with Gasteiger partial charge in [0.1, 0.15) is 0 Å². The molecule has 1 amide bonds. The van der Waals surface area contributed by atoms with E-state index in [1.807, 2.05) is 6.92 Å². The van der Waals surface area contributed by atoms with E-state index in [1.165, 1.54) is 0 Å². The first-order valence-electron chi connectivity index (χ1n) is 6.78. The second-order valence-corrected chi connectivity index (χ2v) is 4.83. The molecule has 19 heavy (non-hydrogen) atoms. The Hall–Kier alpha value is -1.84. The van der Waals surface area contributed by atoms with Gasteiger partial charge in [0, 0.05) is 11.6 Å². The lowest BCUT2D eigenvalue weighted by molar-refractivity contribution is -0.122. The zero-order valence-electron chi connectivity index (χ0n) is 11.1. The Labute approximate surface area is 113 Å². The molecule has 1 aromatic carbocycles. The third-order valence-corrected chi connectivity index (χ3v) is 3.28. The van der Waals surface area contributed by atoms with Crippen LogP contribution in [0.15, 0.2) is 24.3 Å². The molecule has 1 aliphatic carbocycles. The van der Waals surface area contributed by atoms with Crippen LogP contribution >= 0.6 is 0 Å². The third-order valence-electron chi connectivity index (χ3n) is 3.28. The number of hydrogen-bond acceptors (Lipinski definition) is 3. The smallest absolute Gasteiger partial charge is 0.338 e. The molecule has 4 nitrogen and oxygen atoms in total. The average Bonchev–Trinajstić information content (AvgIpc) is 2.34. The van der Waals surface area contributed by atoms with Crippen LogP contribution in [0.4, 0.5) is 5.69 Å². The Kier molecular flexibility index (Phi) is 4.55. The largest absolute Gasteiger partial charge is 0.462 e. The zero-order chi connectivity index (χ0) is 13.7. The summed E-state index contributed by atoms with van der Waals surface area (Å²) in [7, 11) is 0. The SMILES string of the molecule is CCCOC(=O)c1cccc(NC(=O)C2CCC2)c1. The van der Waals surface area contributed by atoms with Gasteiger partial charge in [-0.05, 0) is 37.5 Å². The molecule has 1 aromatic rings. The molecule has 0 aromatic heterocycles. The van der Waals surface area contributed by atoms with Crippen LogP contribution in [0, 0.1) is 5.92 Å². The molecule has 0 unspecified atom stereocenters. The predicted octanol–water partition coefficient (Wildman–Crippen LogP) is 2.99. The second kappa shape index (κ2) is 6.36. The van der Waals surface area contributed by atoms with E-state index in [1.54, 1.807) is 24.3 Å². The first-order valence-corrected chi connectivity index (χ1v) is 6.78. The lowest BCUT2D eigenvalue weighted by atomic mass is 9.85. The molecule has 0 aliphatic heterocycles. The molecule has 0 spiro atoms. The van der Waals surface area contributed by atoms with E-state index in [0.717, 1.165) is 25.7 Å². The number of carbonyl (C=O) groups excluding carboxylic acids is 2. The Morgan fingerprint density at radius 3 is 2.79 bits per heavy atom. The van der Waals surface area contributed by atoms with Crippen molar-refractivity contribution < 1.29 is 14.3 Å². The van der Waals surface area contributed by atoms with Crippen LogP contribution in [-0.2, 0) is 9.53 Å². The van der Waals surface area contributed by atoms with Crippen molar-refractivity contribution in [3.63, 3.8) is 0 Å². The van der Waals surface area contributed by atoms with Gasteiger partial charge >= 0.3 is 5.97 Å². The zero-order valence-corrected chi connectivity index (χ0v) is 11.1. The molecular formula is C15H19NO3. The molecule has 1 aliphatic rings. The Morgan fingerprint density at radius 2 is 2.16 bits per heavy atom. The summed E-state index contributed by atoms with van der Waals surface area (Å²) in [6, 6.07) is 6.89. The summed E-state index contributed by atoms with van der Waals surface area (Å²) in [5, 5.41) is 2.85. The van der Waals surface area contributed by atoms with Gasteiger partial charge in [-0.15, -0.1) is 0 Å². The van der Waals surface area contributed by atoms with Gasteiger partial charge in [-0.2, -0.15) is 0 Å². The van der Waals surface area contributed by atoms with Gasteiger partial charge in [-0.25, -0.2) is 4.79 Å². The maximum Gasteiger partial charge on any atom is 0.338 e. The van der Waals surface area contributed by atoms with Gasteiger partial charge in [-0.1, -0.05) is 19.4 Å². The number of benzene rings is 1. The first kappa shape index (κ1) is 13.6. The fraction of sp³-hybridized carbons (Fsp3) is 0.467. The fourth-order valence-electron chi connectivity index (χ4n) is 1.92. The highest BCUT2D eigenvalue weighted by Crippen LogP contribution is 2.27. The van der Waals surface area contributed by atoms with Gasteiger partial charge in [0.15, 0.2) is 0 Å². The molecule has 102 valence electrons. The number of rotatable bonds is 5. The molecule has 0 radical (unpaired) electrons. The van der Waals surface area contributed by atoms with Gasteiger partial charge in [0.05, 0.1) is 12.2 Å². The van der Waals surface area contributed by atoms with Crippen molar-refractivity contribution in [2.75, 3.05) is 11.9 Å². The van der Waals surface area contributed by atoms with E-state index in [2.05, 4.69) is 5.32 Å². The third kappa shape index (κ3) is 3.56. The highest BCUT2D eigenvalue weighted by atomic mass is 16.5. The van der Waals surface area contributed by atoms with E-state index in [0.29, 0.717) is 17.9 Å². The molecule has 1 fully saturated rings. The van der Waals surface area contributed by atoms with Gasteiger partial charge in [0.2, 0.25) is 5.91 Å². The minimum absolute atomic E-state index is 0.0466. The fourth-order valence-corrected chi connectivity index (χ4v) is 1.92. The molecule has 1 N–H and O–H groups in total. The van der Waals surface area contributed by atoms with Crippen molar-refractivity contribution in [1.29, 1.82) is 0 Å². The first-order chi connectivity index (χ1) is 9.20. The highest BCUT2D eigenvalue weighted by molar-refractivity contribution is 5.95. The van der Waals surface area contributed by atoms with Crippen LogP contribution in [0.1, 0.15) is 43.0 Å². The lowest BCUT2D eigenvalue weighted by Crippen LogP contribution is -2.28. The lowest BCUT2D eigenvalue weighted by Gasteiger charge is -2.24. The molecule has 0 saturated heterocycles. The molecule has 2 rings (SSSR count). The highest BCUT2D eigenvalue weighted by Gasteiger charge is 2.25. The summed E-state index contributed by atoms with van der Waals surface area (Å²) in [6.07, 6.45) is 3.85. The van der Waals surface area contributed by atoms with Crippen LogP contribution in [0.25, 0.3) is 0 Å². The topological polar surface area (TPSA) is 55.4 Å². The van der Waals surface area contributed by atoms with E-state index in [9.17, 15) is 9.59 Å². The summed E-state index contributed by atoms with van der Waals surface area (Å²) in [4.78, 5) is 23.5. The number of nitrogens with one attached hydrogen (secondary N) is 1. The van der Waals surface area contributed by atoms with Gasteiger partial charge < -0.3 is 10.1 Å². The molecule has 0 heterocycles. The van der Waals surface area contributed by atoms with Crippen molar-refractivity contribution in [3.8, 4) is 0 Å². The van der Waals surface area contributed by atoms with Crippen molar-refractivity contribution in [3.05, 3.63) is 29.8 Å². The van der Waals surface area contributed by atoms with Crippen LogP contribution in [0.3, 0.4) is 0 Å². The maximum absolute atomic E-state index is 11.8. The van der Waals surface area contributed by atoms with Crippen LogP contribution in [-0.4, -0.2) is 18.5 Å². The van der Waals surface area contributed by atoms with Crippen LogP contribution < -0.4 is 5.32 Å². The number of carbonyl (C=O) groups is 2. The minimum Gasteiger partial charge on any atom is -0.462 e. The van der Waals surface area contributed by atoms with E-state index in [4.69, 9.17) is 4.74 Å². The molecule has 1 saturated carbocycles. The monoisotopic (exact) mass is 261 g/mol. The van der Waals surface area contributed by atoms with E-state index < -0.39 is 0 Å². The Bertz CT molecular complexity index is 466. The van der Waals surface area contributed by atoms with Crippen LogP contribution in [0.2, 0.25) is 0 Å². The number of esters is 1. The normalized spacial score (nSPS) is 14.6. The van der Waals surface area contributed by atoms with E-state index in [-0.39, 0.29) is 17.8 Å². The van der Waals surface area contributed by atoms with Gasteiger partial charge in [0.25, 0.3) is 0 Å². The minimum atomic E-state index is -0.346. The summed E-state index contributed by atoms with van der Waals surface area (Å²) in [6.45, 7) is 2.36. The number of hydrogen-bond donors (Lipinski definition) is 1. The summed E-state index contributed by atoms with van der Waals surface area (Å²) in [5.41, 5.74) is 1.13. The number of anilines is 1. The number of amides is 1. The van der Waals surface area contributed by atoms with Crippen molar-refractivity contribution in [2.24, 2.45) is 5.92 Å². The number of ether oxygens (including phenoxy) is 1. The quantitative estimate of drug-likeness (QED) is 0.829. The summed E-state index contributed by atoms with van der Waals surface area (Å²) >= 11 is 0. The van der Waals surface area contributed by atoms with Crippen molar-refractivity contribution in [2.45, 2.75) is 32.6 Å². The maximum atomic E-state index is 11.8. The van der Waals surface area contributed by atoms with E-state index >= 15 is 0 Å². The Morgan fingerprint density at radius 1 is 1.37 bits per heavy atom. The molecule has 4 heteroatoms. The van der Waals surface area contributed by atoms with Crippen molar-refractivity contribution >= 4 is 17.6 Å². The molecule has 0 bridgehead atoms.